The fraction of sp³-hybridized carbons (Fsp3) is 0.846. The van der Waals surface area contributed by atoms with E-state index in [1.807, 2.05) is 11.7 Å². The number of nitrogens with two attached hydrogens (primary N) is 1. The van der Waals surface area contributed by atoms with Gasteiger partial charge in [-0.3, -0.25) is 4.68 Å². The normalized spacial score (nSPS) is 25.8. The van der Waals surface area contributed by atoms with Crippen LogP contribution >= 0.6 is 0 Å². The summed E-state index contributed by atoms with van der Waals surface area (Å²) in [5, 5.41) is 4.49. The molecular weight excluding hydrogens is 212 g/mol. The largest absolute Gasteiger partial charge is 0.327 e. The van der Waals surface area contributed by atoms with E-state index in [2.05, 4.69) is 17.0 Å². The van der Waals surface area contributed by atoms with E-state index in [0.29, 0.717) is 5.92 Å². The highest BCUT2D eigenvalue weighted by Crippen LogP contribution is 2.29. The highest BCUT2D eigenvalue weighted by Gasteiger charge is 2.26. The van der Waals surface area contributed by atoms with E-state index in [1.165, 1.54) is 25.7 Å². The van der Waals surface area contributed by atoms with Crippen LogP contribution in [-0.4, -0.2) is 20.8 Å². The smallest absolute Gasteiger partial charge is 0.150 e. The summed E-state index contributed by atoms with van der Waals surface area (Å²) in [6.07, 6.45) is 8.20. The van der Waals surface area contributed by atoms with Gasteiger partial charge < -0.3 is 5.73 Å². The first kappa shape index (κ1) is 12.6. The van der Waals surface area contributed by atoms with Gasteiger partial charge in [0.25, 0.3) is 0 Å². The van der Waals surface area contributed by atoms with Gasteiger partial charge in [0.05, 0.1) is 0 Å². The molecule has 0 radical (unpaired) electrons. The third-order valence-electron chi connectivity index (χ3n) is 3.72. The van der Waals surface area contributed by atoms with E-state index in [-0.39, 0.29) is 6.04 Å². The summed E-state index contributed by atoms with van der Waals surface area (Å²) >= 11 is 0. The monoisotopic (exact) mass is 236 g/mol. The summed E-state index contributed by atoms with van der Waals surface area (Å²) in [5.41, 5.74) is 6.28. The topological polar surface area (TPSA) is 56.7 Å². The highest BCUT2D eigenvalue weighted by atomic mass is 15.3. The van der Waals surface area contributed by atoms with Crippen LogP contribution in [-0.2, 0) is 13.5 Å². The number of aromatic nitrogens is 3. The molecule has 0 aliphatic heterocycles. The highest BCUT2D eigenvalue weighted by molar-refractivity contribution is 5.04. The molecule has 4 heteroatoms. The lowest BCUT2D eigenvalue weighted by atomic mass is 9.95. The van der Waals surface area contributed by atoms with E-state index in [9.17, 15) is 0 Å². The predicted octanol–water partition coefficient (Wildman–Crippen LogP) is 2.14. The Balaban J connectivity index is 2.18. The molecule has 1 aliphatic carbocycles. The summed E-state index contributed by atoms with van der Waals surface area (Å²) < 4.78 is 1.95. The molecule has 1 heterocycles. The second kappa shape index (κ2) is 5.63. The molecule has 1 fully saturated rings. The van der Waals surface area contributed by atoms with Crippen molar-refractivity contribution in [2.75, 3.05) is 0 Å². The fourth-order valence-electron chi connectivity index (χ4n) is 2.76. The van der Waals surface area contributed by atoms with E-state index in [1.54, 1.807) is 0 Å². The third-order valence-corrected chi connectivity index (χ3v) is 3.72. The van der Waals surface area contributed by atoms with E-state index in [0.717, 1.165) is 30.9 Å². The molecule has 96 valence electrons. The van der Waals surface area contributed by atoms with Crippen LogP contribution in [0.5, 0.6) is 0 Å². The first-order chi connectivity index (χ1) is 8.22. The summed E-state index contributed by atoms with van der Waals surface area (Å²) in [5.74, 6) is 2.48. The van der Waals surface area contributed by atoms with Crippen molar-refractivity contribution >= 4 is 0 Å². The minimum Gasteiger partial charge on any atom is -0.327 e. The molecule has 0 amide bonds. The lowest BCUT2D eigenvalue weighted by Crippen LogP contribution is -2.29. The van der Waals surface area contributed by atoms with Gasteiger partial charge >= 0.3 is 0 Å². The predicted molar refractivity (Wildman–Crippen MR) is 68.8 cm³/mol. The molecule has 1 saturated carbocycles. The zero-order valence-corrected chi connectivity index (χ0v) is 11.0. The lowest BCUT2D eigenvalue weighted by Gasteiger charge is -2.19. The van der Waals surface area contributed by atoms with E-state index >= 15 is 0 Å². The lowest BCUT2D eigenvalue weighted by molar-refractivity contribution is 0.465. The van der Waals surface area contributed by atoms with Crippen molar-refractivity contribution in [2.45, 2.75) is 63.8 Å². The van der Waals surface area contributed by atoms with Crippen LogP contribution in [0.3, 0.4) is 0 Å². The van der Waals surface area contributed by atoms with Gasteiger partial charge in [0.15, 0.2) is 5.82 Å². The summed E-state index contributed by atoms with van der Waals surface area (Å²) in [6.45, 7) is 2.16. The number of rotatable bonds is 3. The summed E-state index contributed by atoms with van der Waals surface area (Å²) in [6, 6.07) is 0.259. The second-order valence-corrected chi connectivity index (χ2v) is 5.17. The van der Waals surface area contributed by atoms with Crippen LogP contribution in [0, 0.1) is 0 Å². The van der Waals surface area contributed by atoms with Gasteiger partial charge in [0, 0.05) is 25.4 Å². The maximum atomic E-state index is 6.28. The Morgan fingerprint density at radius 2 is 2.06 bits per heavy atom. The van der Waals surface area contributed by atoms with E-state index in [4.69, 9.17) is 5.73 Å². The van der Waals surface area contributed by atoms with Gasteiger partial charge in [-0.05, 0) is 19.3 Å². The van der Waals surface area contributed by atoms with Gasteiger partial charge in [-0.15, -0.1) is 0 Å². The molecule has 0 spiro atoms. The molecule has 1 aliphatic rings. The summed E-state index contributed by atoms with van der Waals surface area (Å²) in [4.78, 5) is 4.69. The average molecular weight is 236 g/mol. The average Bonchev–Trinajstić information content (AvgIpc) is 2.52. The second-order valence-electron chi connectivity index (χ2n) is 5.17. The number of hydrogen-bond donors (Lipinski definition) is 1. The van der Waals surface area contributed by atoms with Crippen LogP contribution in [0.15, 0.2) is 0 Å². The molecule has 2 unspecified atom stereocenters. The Hall–Kier alpha value is -0.900. The standard InChI is InChI=1S/C13H24N4/c1-3-7-12-15-13(17(2)16-12)10-8-5-4-6-9-11(10)14/h10-11H,3-9,14H2,1-2H3. The van der Waals surface area contributed by atoms with E-state index < -0.39 is 0 Å². The number of hydrogen-bond acceptors (Lipinski definition) is 3. The third kappa shape index (κ3) is 2.86. The molecule has 2 N–H and O–H groups in total. The first-order valence-corrected chi connectivity index (χ1v) is 6.87. The molecule has 1 aromatic heterocycles. The Labute approximate surface area is 104 Å². The Morgan fingerprint density at radius 1 is 1.29 bits per heavy atom. The molecular formula is C13H24N4. The minimum atomic E-state index is 0.259. The van der Waals surface area contributed by atoms with Crippen molar-refractivity contribution in [3.8, 4) is 0 Å². The van der Waals surface area contributed by atoms with Crippen LogP contribution in [0.4, 0.5) is 0 Å². The van der Waals surface area contributed by atoms with Crippen LogP contribution in [0.25, 0.3) is 0 Å². The first-order valence-electron chi connectivity index (χ1n) is 6.87. The SMILES string of the molecule is CCCc1nc(C2CCCCCC2N)n(C)n1. The Kier molecular flexibility index (Phi) is 4.15. The van der Waals surface area contributed by atoms with Crippen molar-refractivity contribution in [1.29, 1.82) is 0 Å². The molecule has 4 nitrogen and oxygen atoms in total. The number of nitrogens with zero attached hydrogens (tertiary/aromatic N) is 3. The maximum Gasteiger partial charge on any atom is 0.150 e. The summed E-state index contributed by atoms with van der Waals surface area (Å²) in [7, 11) is 2.00. The molecule has 2 rings (SSSR count). The van der Waals surface area contributed by atoms with Gasteiger partial charge in [-0.25, -0.2) is 4.98 Å². The van der Waals surface area contributed by atoms with Gasteiger partial charge in [-0.2, -0.15) is 5.10 Å². The van der Waals surface area contributed by atoms with Crippen LogP contribution in [0.1, 0.15) is 63.0 Å². The molecule has 0 saturated heterocycles. The van der Waals surface area contributed by atoms with Gasteiger partial charge in [0.1, 0.15) is 5.82 Å². The maximum absolute atomic E-state index is 6.28. The zero-order valence-electron chi connectivity index (χ0n) is 11.0. The quantitative estimate of drug-likeness (QED) is 0.818. The molecule has 0 bridgehead atoms. The molecule has 0 aromatic carbocycles. The van der Waals surface area contributed by atoms with Crippen LogP contribution in [0.2, 0.25) is 0 Å². The minimum absolute atomic E-state index is 0.259. The van der Waals surface area contributed by atoms with Crippen molar-refractivity contribution in [1.82, 2.24) is 14.8 Å². The van der Waals surface area contributed by atoms with Crippen molar-refractivity contribution in [2.24, 2.45) is 12.8 Å². The van der Waals surface area contributed by atoms with Crippen molar-refractivity contribution in [3.05, 3.63) is 11.6 Å². The van der Waals surface area contributed by atoms with Gasteiger partial charge in [-0.1, -0.05) is 26.2 Å². The Morgan fingerprint density at radius 3 is 2.82 bits per heavy atom. The number of aryl methyl sites for hydroxylation is 2. The fourth-order valence-corrected chi connectivity index (χ4v) is 2.76. The Bertz CT molecular complexity index is 358. The van der Waals surface area contributed by atoms with Crippen molar-refractivity contribution in [3.63, 3.8) is 0 Å². The van der Waals surface area contributed by atoms with Crippen molar-refractivity contribution < 1.29 is 0 Å². The molecule has 17 heavy (non-hydrogen) atoms. The molecule has 1 aromatic rings. The van der Waals surface area contributed by atoms with Crippen LogP contribution < -0.4 is 5.73 Å². The molecule has 2 atom stereocenters. The zero-order chi connectivity index (χ0) is 12.3. The van der Waals surface area contributed by atoms with Gasteiger partial charge in [0.2, 0.25) is 0 Å².